The average Bonchev–Trinajstić information content (AvgIpc) is 3.21. The Labute approximate surface area is 112 Å². The molecule has 0 bridgehead atoms. The second kappa shape index (κ2) is 5.83. The number of aryl methyl sites for hydroxylation is 1. The van der Waals surface area contributed by atoms with E-state index in [-0.39, 0.29) is 11.8 Å². The van der Waals surface area contributed by atoms with Crippen molar-refractivity contribution in [1.82, 2.24) is 14.9 Å². The molecular formula is C12H19N5O2. The zero-order chi connectivity index (χ0) is 13.8. The molecule has 0 aliphatic heterocycles. The summed E-state index contributed by atoms with van der Waals surface area (Å²) < 4.78 is 5.51. The third-order valence-corrected chi connectivity index (χ3v) is 3.05. The van der Waals surface area contributed by atoms with Crippen LogP contribution < -0.4 is 10.5 Å². The minimum Gasteiger partial charge on any atom is -0.462 e. The maximum Gasteiger partial charge on any atom is 0.317 e. The van der Waals surface area contributed by atoms with E-state index in [4.69, 9.17) is 15.7 Å². The molecule has 1 aromatic rings. The van der Waals surface area contributed by atoms with E-state index in [1.165, 1.54) is 12.8 Å². The van der Waals surface area contributed by atoms with Crippen LogP contribution in [0.2, 0.25) is 0 Å². The molecule has 1 aromatic heterocycles. The molecule has 1 heterocycles. The number of nitrogens with two attached hydrogens (primary N) is 1. The minimum atomic E-state index is -0.0505. The van der Waals surface area contributed by atoms with Crippen LogP contribution >= 0.6 is 0 Å². The highest BCUT2D eigenvalue weighted by molar-refractivity contribution is 5.95. The molecule has 2 rings (SSSR count). The molecule has 7 heteroatoms. The first-order valence-corrected chi connectivity index (χ1v) is 6.26. The van der Waals surface area contributed by atoms with Crippen LogP contribution in [0.3, 0.4) is 0 Å². The lowest BCUT2D eigenvalue weighted by Gasteiger charge is -2.15. The van der Waals surface area contributed by atoms with Crippen molar-refractivity contribution in [2.75, 3.05) is 20.2 Å². The van der Waals surface area contributed by atoms with Crippen LogP contribution in [0.5, 0.6) is 6.01 Å². The quantitative estimate of drug-likeness (QED) is 0.333. The van der Waals surface area contributed by atoms with Gasteiger partial charge in [0.1, 0.15) is 12.3 Å². The zero-order valence-electron chi connectivity index (χ0n) is 11.2. The van der Waals surface area contributed by atoms with E-state index in [1.807, 2.05) is 0 Å². The Kier molecular flexibility index (Phi) is 4.16. The van der Waals surface area contributed by atoms with Crippen molar-refractivity contribution in [3.63, 3.8) is 0 Å². The van der Waals surface area contributed by atoms with Crippen molar-refractivity contribution in [2.45, 2.75) is 25.8 Å². The minimum absolute atomic E-state index is 0.0505. The van der Waals surface area contributed by atoms with E-state index < -0.39 is 0 Å². The van der Waals surface area contributed by atoms with Crippen LogP contribution in [0.15, 0.2) is 11.2 Å². The predicted molar refractivity (Wildman–Crippen MR) is 70.4 cm³/mol. The zero-order valence-corrected chi connectivity index (χ0v) is 11.2. The summed E-state index contributed by atoms with van der Waals surface area (Å²) in [6, 6.07) is 2.60. The van der Waals surface area contributed by atoms with E-state index in [9.17, 15) is 0 Å². The van der Waals surface area contributed by atoms with E-state index in [1.54, 1.807) is 13.0 Å². The molecule has 0 spiro atoms. The Balaban J connectivity index is 1.93. The molecule has 7 nitrogen and oxygen atoms in total. The third-order valence-electron chi connectivity index (χ3n) is 3.05. The Bertz CT molecular complexity index is 473. The van der Waals surface area contributed by atoms with Gasteiger partial charge in [0.2, 0.25) is 0 Å². The lowest BCUT2D eigenvalue weighted by molar-refractivity contribution is 0.220. The SMILES string of the molecule is Cc1cc(/C(N)=N/O)nc(OCCN(C)C2CC2)n1. The second-order valence-electron chi connectivity index (χ2n) is 4.72. The Morgan fingerprint density at radius 3 is 2.95 bits per heavy atom. The number of ether oxygens (including phenoxy) is 1. The average molecular weight is 265 g/mol. The van der Waals surface area contributed by atoms with E-state index in [2.05, 4.69) is 27.1 Å². The molecule has 0 saturated heterocycles. The molecule has 0 unspecified atom stereocenters. The van der Waals surface area contributed by atoms with Gasteiger partial charge >= 0.3 is 6.01 Å². The lowest BCUT2D eigenvalue weighted by Crippen LogP contribution is -2.26. The predicted octanol–water partition coefficient (Wildman–Crippen LogP) is 0.353. The first-order valence-electron chi connectivity index (χ1n) is 6.26. The smallest absolute Gasteiger partial charge is 0.317 e. The number of nitrogens with zero attached hydrogens (tertiary/aromatic N) is 4. The van der Waals surface area contributed by atoms with Gasteiger partial charge in [-0.25, -0.2) is 4.98 Å². The summed E-state index contributed by atoms with van der Waals surface area (Å²) >= 11 is 0. The highest BCUT2D eigenvalue weighted by atomic mass is 16.5. The maximum absolute atomic E-state index is 8.64. The highest BCUT2D eigenvalue weighted by Gasteiger charge is 2.25. The molecule has 1 aliphatic carbocycles. The van der Waals surface area contributed by atoms with Crippen molar-refractivity contribution in [1.29, 1.82) is 0 Å². The van der Waals surface area contributed by atoms with Gasteiger partial charge in [0.05, 0.1) is 0 Å². The molecule has 3 N–H and O–H groups in total. The van der Waals surface area contributed by atoms with Crippen LogP contribution in [-0.2, 0) is 0 Å². The number of aromatic nitrogens is 2. The topological polar surface area (TPSA) is 96.9 Å². The molecule has 104 valence electrons. The molecule has 0 amide bonds. The molecule has 1 saturated carbocycles. The third kappa shape index (κ3) is 3.78. The Morgan fingerprint density at radius 1 is 1.58 bits per heavy atom. The molecule has 19 heavy (non-hydrogen) atoms. The van der Waals surface area contributed by atoms with Gasteiger partial charge in [-0.15, -0.1) is 0 Å². The molecule has 0 atom stereocenters. The van der Waals surface area contributed by atoms with Crippen LogP contribution in [0.25, 0.3) is 0 Å². The van der Waals surface area contributed by atoms with Gasteiger partial charge < -0.3 is 20.6 Å². The number of rotatable bonds is 6. The van der Waals surface area contributed by atoms with Gasteiger partial charge in [0.15, 0.2) is 5.84 Å². The van der Waals surface area contributed by atoms with Crippen LogP contribution in [-0.4, -0.2) is 52.2 Å². The van der Waals surface area contributed by atoms with Crippen molar-refractivity contribution in [3.8, 4) is 6.01 Å². The summed E-state index contributed by atoms with van der Waals surface area (Å²) in [4.78, 5) is 10.5. The van der Waals surface area contributed by atoms with E-state index in [0.29, 0.717) is 24.0 Å². The molecular weight excluding hydrogens is 246 g/mol. The Hall–Kier alpha value is -1.89. The number of likely N-dealkylation sites (N-methyl/N-ethyl adjacent to an activating group) is 1. The van der Waals surface area contributed by atoms with Gasteiger partial charge in [-0.1, -0.05) is 5.16 Å². The molecule has 0 radical (unpaired) electrons. The number of oxime groups is 1. The fourth-order valence-corrected chi connectivity index (χ4v) is 1.77. The second-order valence-corrected chi connectivity index (χ2v) is 4.72. The summed E-state index contributed by atoms with van der Waals surface area (Å²) in [6.07, 6.45) is 2.54. The fraction of sp³-hybridized carbons (Fsp3) is 0.583. The highest BCUT2D eigenvalue weighted by Crippen LogP contribution is 2.24. The monoisotopic (exact) mass is 265 g/mol. The van der Waals surface area contributed by atoms with Crippen LogP contribution in [0, 0.1) is 6.92 Å². The van der Waals surface area contributed by atoms with Gasteiger partial charge in [-0.05, 0) is 32.9 Å². The first kappa shape index (κ1) is 13.5. The van der Waals surface area contributed by atoms with Gasteiger partial charge in [-0.2, -0.15) is 4.98 Å². The normalized spacial score (nSPS) is 15.8. The van der Waals surface area contributed by atoms with Crippen LogP contribution in [0.4, 0.5) is 0 Å². The van der Waals surface area contributed by atoms with Crippen molar-refractivity contribution < 1.29 is 9.94 Å². The van der Waals surface area contributed by atoms with Crippen molar-refractivity contribution >= 4 is 5.84 Å². The molecule has 1 aliphatic rings. The van der Waals surface area contributed by atoms with E-state index >= 15 is 0 Å². The number of amidine groups is 1. The number of hydrogen-bond donors (Lipinski definition) is 2. The van der Waals surface area contributed by atoms with Gasteiger partial charge in [0, 0.05) is 18.3 Å². The first-order chi connectivity index (χ1) is 9.10. The van der Waals surface area contributed by atoms with Crippen LogP contribution in [0.1, 0.15) is 24.2 Å². The maximum atomic E-state index is 8.64. The molecule has 1 fully saturated rings. The van der Waals surface area contributed by atoms with Crippen molar-refractivity contribution in [2.24, 2.45) is 10.9 Å². The molecule has 0 aromatic carbocycles. The summed E-state index contributed by atoms with van der Waals surface area (Å²) in [5.74, 6) is -0.0505. The van der Waals surface area contributed by atoms with Gasteiger partial charge in [-0.3, -0.25) is 0 Å². The van der Waals surface area contributed by atoms with Gasteiger partial charge in [0.25, 0.3) is 0 Å². The summed E-state index contributed by atoms with van der Waals surface area (Å²) in [5, 5.41) is 11.6. The standard InChI is InChI=1S/C12H19N5O2/c1-8-7-10(11(13)16-18)15-12(14-8)19-6-5-17(2)9-3-4-9/h7,9,18H,3-6H2,1-2H3,(H2,13,16). The lowest BCUT2D eigenvalue weighted by atomic mass is 10.3. The summed E-state index contributed by atoms with van der Waals surface area (Å²) in [5.41, 5.74) is 6.57. The van der Waals surface area contributed by atoms with E-state index in [0.717, 1.165) is 6.54 Å². The number of hydrogen-bond acceptors (Lipinski definition) is 6. The fourth-order valence-electron chi connectivity index (χ4n) is 1.77. The summed E-state index contributed by atoms with van der Waals surface area (Å²) in [7, 11) is 2.08. The Morgan fingerprint density at radius 2 is 2.32 bits per heavy atom. The summed E-state index contributed by atoms with van der Waals surface area (Å²) in [6.45, 7) is 3.16. The van der Waals surface area contributed by atoms with Crippen molar-refractivity contribution in [3.05, 3.63) is 17.5 Å². The largest absolute Gasteiger partial charge is 0.462 e.